The van der Waals surface area contributed by atoms with Crippen LogP contribution in [0.2, 0.25) is 10.0 Å². The Morgan fingerprint density at radius 1 is 0.962 bits per heavy atom. The van der Waals surface area contributed by atoms with Crippen LogP contribution < -0.4 is 10.2 Å². The van der Waals surface area contributed by atoms with Gasteiger partial charge in [0.15, 0.2) is 0 Å². The monoisotopic (exact) mass is 398 g/mol. The summed E-state index contributed by atoms with van der Waals surface area (Å²) in [6.45, 7) is 5.94. The third kappa shape index (κ3) is 4.35. The molecule has 2 aliphatic heterocycles. The number of hydrogen-bond acceptors (Lipinski definition) is 3. The molecule has 6 nitrogen and oxygen atoms in total. The average molecular weight is 399 g/mol. The molecule has 0 spiro atoms. The van der Waals surface area contributed by atoms with Crippen LogP contribution in [-0.2, 0) is 4.79 Å². The van der Waals surface area contributed by atoms with E-state index in [1.54, 1.807) is 17.9 Å². The minimum Gasteiger partial charge on any atom is -0.368 e. The molecule has 0 radical (unpaired) electrons. The topological polar surface area (TPSA) is 55.9 Å². The number of piperazine rings is 1. The van der Waals surface area contributed by atoms with Gasteiger partial charge in [0.1, 0.15) is 6.04 Å². The zero-order valence-corrected chi connectivity index (χ0v) is 16.4. The lowest BCUT2D eigenvalue weighted by Gasteiger charge is -2.36. The second-order valence-electron chi connectivity index (χ2n) is 6.78. The summed E-state index contributed by atoms with van der Waals surface area (Å²) in [5.74, 6) is 0.00490. The molecule has 2 heterocycles. The summed E-state index contributed by atoms with van der Waals surface area (Å²) >= 11 is 12.0. The molecular formula is C18H24Cl2N4O2. The first-order valence-corrected chi connectivity index (χ1v) is 9.75. The van der Waals surface area contributed by atoms with Crippen molar-refractivity contribution in [3.8, 4) is 0 Å². The molecule has 2 saturated heterocycles. The van der Waals surface area contributed by atoms with Gasteiger partial charge in [0.25, 0.3) is 0 Å². The Balaban J connectivity index is 1.50. The Hall–Kier alpha value is -1.66. The Bertz CT molecular complexity index is 671. The minimum absolute atomic E-state index is 0.00490. The molecule has 1 atom stereocenters. The van der Waals surface area contributed by atoms with Crippen LogP contribution in [0.15, 0.2) is 18.2 Å². The van der Waals surface area contributed by atoms with Gasteiger partial charge in [-0.05, 0) is 38.0 Å². The fourth-order valence-corrected chi connectivity index (χ4v) is 3.69. The van der Waals surface area contributed by atoms with Crippen molar-refractivity contribution in [2.45, 2.75) is 25.8 Å². The highest BCUT2D eigenvalue weighted by atomic mass is 35.5. The maximum atomic E-state index is 12.5. The Morgan fingerprint density at radius 2 is 1.62 bits per heavy atom. The van der Waals surface area contributed by atoms with Crippen LogP contribution in [-0.4, -0.2) is 67.0 Å². The van der Waals surface area contributed by atoms with Crippen molar-refractivity contribution in [2.75, 3.05) is 44.2 Å². The number of likely N-dealkylation sites (tertiary alicyclic amines) is 1. The Kier molecular flexibility index (Phi) is 6.14. The van der Waals surface area contributed by atoms with E-state index in [2.05, 4.69) is 10.2 Å². The second kappa shape index (κ2) is 8.35. The number of halogens is 2. The smallest absolute Gasteiger partial charge is 0.318 e. The zero-order chi connectivity index (χ0) is 18.7. The third-order valence-corrected chi connectivity index (χ3v) is 5.70. The van der Waals surface area contributed by atoms with Crippen molar-refractivity contribution in [3.05, 3.63) is 28.2 Å². The maximum Gasteiger partial charge on any atom is 0.318 e. The van der Waals surface area contributed by atoms with Gasteiger partial charge < -0.3 is 20.0 Å². The lowest BCUT2D eigenvalue weighted by atomic mass is 10.2. The van der Waals surface area contributed by atoms with E-state index < -0.39 is 6.04 Å². The number of urea groups is 1. The van der Waals surface area contributed by atoms with E-state index in [0.717, 1.165) is 31.6 Å². The third-order valence-electron chi connectivity index (χ3n) is 4.96. The van der Waals surface area contributed by atoms with Crippen LogP contribution in [0, 0.1) is 0 Å². The first kappa shape index (κ1) is 19.1. The molecule has 3 amide bonds. The highest BCUT2D eigenvalue weighted by Crippen LogP contribution is 2.27. The number of nitrogens with one attached hydrogen (secondary N) is 1. The van der Waals surface area contributed by atoms with E-state index in [0.29, 0.717) is 36.2 Å². The van der Waals surface area contributed by atoms with E-state index in [9.17, 15) is 9.59 Å². The number of benzene rings is 1. The molecule has 1 aromatic carbocycles. The Labute approximate surface area is 164 Å². The first-order valence-electron chi connectivity index (χ1n) is 9.00. The SMILES string of the molecule is C[C@@H](NC(=O)N1CCN(c2ccc(Cl)c(Cl)c2)CC1)C(=O)N1CCCC1. The minimum atomic E-state index is -0.492. The quantitative estimate of drug-likeness (QED) is 0.851. The predicted molar refractivity (Wildman–Crippen MR) is 104 cm³/mol. The van der Waals surface area contributed by atoms with Crippen LogP contribution in [0.3, 0.4) is 0 Å². The predicted octanol–water partition coefficient (Wildman–Crippen LogP) is 2.84. The van der Waals surface area contributed by atoms with Crippen LogP contribution >= 0.6 is 23.2 Å². The normalized spacial score (nSPS) is 18.8. The fraction of sp³-hybridized carbons (Fsp3) is 0.556. The van der Waals surface area contributed by atoms with Crippen molar-refractivity contribution in [2.24, 2.45) is 0 Å². The number of nitrogens with zero attached hydrogens (tertiary/aromatic N) is 3. The molecule has 1 aromatic rings. The van der Waals surface area contributed by atoms with Crippen molar-refractivity contribution in [1.29, 1.82) is 0 Å². The van der Waals surface area contributed by atoms with Gasteiger partial charge in [-0.2, -0.15) is 0 Å². The largest absolute Gasteiger partial charge is 0.368 e. The molecule has 0 bridgehead atoms. The molecule has 142 valence electrons. The zero-order valence-electron chi connectivity index (χ0n) is 14.9. The first-order chi connectivity index (χ1) is 12.5. The summed E-state index contributed by atoms with van der Waals surface area (Å²) in [4.78, 5) is 30.5. The van der Waals surface area contributed by atoms with Crippen LogP contribution in [0.5, 0.6) is 0 Å². The van der Waals surface area contributed by atoms with E-state index in [-0.39, 0.29) is 11.9 Å². The number of anilines is 1. The lowest BCUT2D eigenvalue weighted by Crippen LogP contribution is -2.55. The lowest BCUT2D eigenvalue weighted by molar-refractivity contribution is -0.131. The van der Waals surface area contributed by atoms with Crippen molar-refractivity contribution in [3.63, 3.8) is 0 Å². The van der Waals surface area contributed by atoms with Crippen molar-refractivity contribution >= 4 is 40.8 Å². The van der Waals surface area contributed by atoms with Gasteiger partial charge in [-0.15, -0.1) is 0 Å². The molecule has 0 saturated carbocycles. The molecule has 26 heavy (non-hydrogen) atoms. The average Bonchev–Trinajstić information content (AvgIpc) is 3.18. The van der Waals surface area contributed by atoms with Crippen molar-refractivity contribution in [1.82, 2.24) is 15.1 Å². The number of hydrogen-bond donors (Lipinski definition) is 1. The second-order valence-corrected chi connectivity index (χ2v) is 7.59. The fourth-order valence-electron chi connectivity index (χ4n) is 3.40. The van der Waals surface area contributed by atoms with Crippen LogP contribution in [0.4, 0.5) is 10.5 Å². The van der Waals surface area contributed by atoms with Crippen molar-refractivity contribution < 1.29 is 9.59 Å². The molecule has 3 rings (SSSR count). The molecule has 1 N–H and O–H groups in total. The summed E-state index contributed by atoms with van der Waals surface area (Å²) in [6, 6.07) is 4.88. The van der Waals surface area contributed by atoms with Gasteiger partial charge >= 0.3 is 6.03 Å². The van der Waals surface area contributed by atoms with E-state index in [4.69, 9.17) is 23.2 Å². The maximum absolute atomic E-state index is 12.5. The summed E-state index contributed by atoms with van der Waals surface area (Å²) < 4.78 is 0. The standard InChI is InChI=1S/C18H24Cl2N4O2/c1-13(17(25)23-6-2-3-7-23)21-18(26)24-10-8-22(9-11-24)14-4-5-15(19)16(20)12-14/h4-5,12-13H,2-3,6-11H2,1H3,(H,21,26)/t13-/m1/s1. The van der Waals surface area contributed by atoms with Crippen LogP contribution in [0.1, 0.15) is 19.8 Å². The summed E-state index contributed by atoms with van der Waals surface area (Å²) in [5, 5.41) is 3.90. The summed E-state index contributed by atoms with van der Waals surface area (Å²) in [6.07, 6.45) is 2.09. The van der Waals surface area contributed by atoms with Gasteiger partial charge in [-0.25, -0.2) is 4.79 Å². The summed E-state index contributed by atoms with van der Waals surface area (Å²) in [7, 11) is 0. The molecule has 8 heteroatoms. The molecule has 0 unspecified atom stereocenters. The van der Waals surface area contributed by atoms with Gasteiger partial charge in [0.05, 0.1) is 10.0 Å². The van der Waals surface area contributed by atoms with Gasteiger partial charge in [0, 0.05) is 45.0 Å². The molecular weight excluding hydrogens is 375 g/mol. The van der Waals surface area contributed by atoms with Gasteiger partial charge in [-0.1, -0.05) is 23.2 Å². The highest BCUT2D eigenvalue weighted by molar-refractivity contribution is 6.42. The molecule has 2 fully saturated rings. The Morgan fingerprint density at radius 3 is 2.23 bits per heavy atom. The number of carbonyl (C=O) groups is 2. The van der Waals surface area contributed by atoms with E-state index in [1.165, 1.54) is 0 Å². The molecule has 0 aromatic heterocycles. The van der Waals surface area contributed by atoms with Gasteiger partial charge in [0.2, 0.25) is 5.91 Å². The number of rotatable bonds is 3. The number of carbonyl (C=O) groups excluding carboxylic acids is 2. The highest BCUT2D eigenvalue weighted by Gasteiger charge is 2.27. The van der Waals surface area contributed by atoms with Gasteiger partial charge in [-0.3, -0.25) is 4.79 Å². The summed E-state index contributed by atoms with van der Waals surface area (Å²) in [5.41, 5.74) is 0.997. The molecule has 2 aliphatic rings. The number of amides is 3. The van der Waals surface area contributed by atoms with E-state index >= 15 is 0 Å². The van der Waals surface area contributed by atoms with E-state index in [1.807, 2.05) is 17.0 Å². The van der Waals surface area contributed by atoms with Crippen LogP contribution in [0.25, 0.3) is 0 Å². The molecule has 0 aliphatic carbocycles.